The predicted molar refractivity (Wildman–Crippen MR) is 61.1 cm³/mol. The lowest BCUT2D eigenvalue weighted by atomic mass is 10.1. The van der Waals surface area contributed by atoms with Crippen molar-refractivity contribution in [3.63, 3.8) is 0 Å². The molecule has 1 aromatic carbocycles. The Bertz CT molecular complexity index is 558. The monoisotopic (exact) mass is 262 g/mol. The molecule has 2 rings (SSSR count). The van der Waals surface area contributed by atoms with Crippen molar-refractivity contribution < 1.29 is 8.78 Å². The molecular weight excluding hydrogens is 257 g/mol. The fourth-order valence-electron chi connectivity index (χ4n) is 1.43. The fraction of sp³-hybridized carbons (Fsp3) is 0.100. The van der Waals surface area contributed by atoms with Crippen molar-refractivity contribution in [2.24, 2.45) is 0 Å². The van der Waals surface area contributed by atoms with E-state index < -0.39 is 12.1 Å². The largest absolute Gasteiger partial charge is 0.398 e. The van der Waals surface area contributed by atoms with Crippen molar-refractivity contribution in [2.75, 3.05) is 5.73 Å². The Morgan fingerprint density at radius 2 is 1.81 bits per heavy atom. The molecule has 16 heavy (non-hydrogen) atoms. The van der Waals surface area contributed by atoms with Gasteiger partial charge in [-0.05, 0) is 18.2 Å². The molecular formula is C10H6Cl2F2N2. The zero-order valence-electron chi connectivity index (χ0n) is 7.85. The second kappa shape index (κ2) is 4.03. The van der Waals surface area contributed by atoms with Gasteiger partial charge < -0.3 is 5.73 Å². The van der Waals surface area contributed by atoms with Crippen LogP contribution in [0.2, 0.25) is 10.0 Å². The number of pyridine rings is 1. The summed E-state index contributed by atoms with van der Waals surface area (Å²) in [6.07, 6.45) is -2.69. The van der Waals surface area contributed by atoms with Crippen molar-refractivity contribution in [3.8, 4) is 0 Å². The van der Waals surface area contributed by atoms with Crippen LogP contribution in [0.5, 0.6) is 0 Å². The van der Waals surface area contributed by atoms with E-state index in [1.807, 2.05) is 0 Å². The Morgan fingerprint density at radius 1 is 1.19 bits per heavy atom. The minimum atomic E-state index is -2.69. The lowest BCUT2D eigenvalue weighted by Gasteiger charge is -2.08. The highest BCUT2D eigenvalue weighted by atomic mass is 35.5. The number of rotatable bonds is 1. The van der Waals surface area contributed by atoms with Gasteiger partial charge in [0.25, 0.3) is 6.43 Å². The van der Waals surface area contributed by atoms with Crippen molar-refractivity contribution in [3.05, 3.63) is 33.9 Å². The summed E-state index contributed by atoms with van der Waals surface area (Å²) in [6, 6.07) is 4.15. The maximum atomic E-state index is 12.5. The average molecular weight is 263 g/mol. The summed E-state index contributed by atoms with van der Waals surface area (Å²) in [5.74, 6) is 0. The Labute approximate surface area is 100.0 Å². The van der Waals surface area contributed by atoms with Crippen LogP contribution in [0.1, 0.15) is 12.1 Å². The molecule has 2 N–H and O–H groups in total. The third-order valence-corrected chi connectivity index (χ3v) is 2.75. The Morgan fingerprint density at radius 3 is 2.44 bits per heavy atom. The molecule has 0 spiro atoms. The molecule has 2 nitrogen and oxygen atoms in total. The van der Waals surface area contributed by atoms with Gasteiger partial charge in [0.1, 0.15) is 5.69 Å². The number of hydrogen-bond donors (Lipinski definition) is 1. The van der Waals surface area contributed by atoms with E-state index >= 15 is 0 Å². The van der Waals surface area contributed by atoms with Crippen LogP contribution in [-0.2, 0) is 0 Å². The van der Waals surface area contributed by atoms with E-state index in [1.54, 1.807) is 6.07 Å². The fourth-order valence-corrected chi connectivity index (χ4v) is 1.89. The maximum absolute atomic E-state index is 12.5. The molecule has 0 bridgehead atoms. The van der Waals surface area contributed by atoms with Gasteiger partial charge in [-0.15, -0.1) is 0 Å². The average Bonchev–Trinajstić information content (AvgIpc) is 2.22. The van der Waals surface area contributed by atoms with E-state index in [2.05, 4.69) is 4.98 Å². The summed E-state index contributed by atoms with van der Waals surface area (Å²) in [5.41, 5.74) is 5.58. The molecule has 0 aliphatic heterocycles. The molecule has 0 saturated carbocycles. The molecule has 0 radical (unpaired) electrons. The molecule has 0 amide bonds. The highest BCUT2D eigenvalue weighted by Gasteiger charge is 2.15. The number of nitrogens with zero attached hydrogens (tertiary/aromatic N) is 1. The van der Waals surface area contributed by atoms with E-state index in [1.165, 1.54) is 6.07 Å². The van der Waals surface area contributed by atoms with Crippen LogP contribution in [0.3, 0.4) is 0 Å². The van der Waals surface area contributed by atoms with E-state index in [4.69, 9.17) is 28.9 Å². The topological polar surface area (TPSA) is 38.9 Å². The third kappa shape index (κ3) is 1.79. The quantitative estimate of drug-likeness (QED) is 0.842. The molecule has 0 atom stereocenters. The van der Waals surface area contributed by atoms with E-state index in [9.17, 15) is 8.78 Å². The number of alkyl halides is 2. The third-order valence-electron chi connectivity index (χ3n) is 2.13. The van der Waals surface area contributed by atoms with Gasteiger partial charge in [-0.2, -0.15) is 0 Å². The Kier molecular flexibility index (Phi) is 2.86. The minimum absolute atomic E-state index is 0.146. The number of aromatic nitrogens is 1. The zero-order valence-corrected chi connectivity index (χ0v) is 9.36. The van der Waals surface area contributed by atoms with Crippen molar-refractivity contribution >= 4 is 39.8 Å². The van der Waals surface area contributed by atoms with Gasteiger partial charge in [0.15, 0.2) is 0 Å². The Balaban J connectivity index is 2.86. The lowest BCUT2D eigenvalue weighted by molar-refractivity contribution is 0.146. The van der Waals surface area contributed by atoms with Crippen LogP contribution in [0.15, 0.2) is 18.2 Å². The second-order valence-electron chi connectivity index (χ2n) is 3.19. The van der Waals surface area contributed by atoms with Crippen LogP contribution >= 0.6 is 23.2 Å². The number of benzene rings is 1. The first kappa shape index (κ1) is 11.4. The maximum Gasteiger partial charge on any atom is 0.280 e. The number of hydrogen-bond acceptors (Lipinski definition) is 2. The zero-order chi connectivity index (χ0) is 11.9. The van der Waals surface area contributed by atoms with Gasteiger partial charge >= 0.3 is 0 Å². The van der Waals surface area contributed by atoms with Crippen LogP contribution in [-0.4, -0.2) is 4.98 Å². The van der Waals surface area contributed by atoms with Gasteiger partial charge in [-0.25, -0.2) is 13.8 Å². The van der Waals surface area contributed by atoms with Gasteiger partial charge in [0.05, 0.1) is 15.6 Å². The summed E-state index contributed by atoms with van der Waals surface area (Å²) in [7, 11) is 0. The summed E-state index contributed by atoms with van der Waals surface area (Å²) in [6.45, 7) is 0. The van der Waals surface area contributed by atoms with Crippen molar-refractivity contribution in [2.45, 2.75) is 6.43 Å². The molecule has 0 fully saturated rings. The molecule has 0 saturated heterocycles. The molecule has 0 aliphatic rings. The number of nitrogens with two attached hydrogens (primary N) is 1. The summed E-state index contributed by atoms with van der Waals surface area (Å²) in [4.78, 5) is 3.75. The molecule has 84 valence electrons. The van der Waals surface area contributed by atoms with Gasteiger partial charge in [-0.1, -0.05) is 23.2 Å². The first-order valence-electron chi connectivity index (χ1n) is 4.33. The lowest BCUT2D eigenvalue weighted by Crippen LogP contribution is -1.97. The summed E-state index contributed by atoms with van der Waals surface area (Å²) >= 11 is 11.8. The molecule has 2 aromatic rings. The number of halogens is 4. The number of fused-ring (bicyclic) bond motifs is 1. The molecule has 1 aromatic heterocycles. The van der Waals surface area contributed by atoms with Crippen LogP contribution in [0.25, 0.3) is 10.9 Å². The van der Waals surface area contributed by atoms with Gasteiger partial charge in [-0.3, -0.25) is 0 Å². The highest BCUT2D eigenvalue weighted by Crippen LogP contribution is 2.34. The SMILES string of the molecule is Nc1cc(C(F)F)nc2c(Cl)ccc(Cl)c12. The first-order valence-corrected chi connectivity index (χ1v) is 5.08. The predicted octanol–water partition coefficient (Wildman–Crippen LogP) is 4.06. The summed E-state index contributed by atoms with van der Waals surface area (Å²) < 4.78 is 25.0. The highest BCUT2D eigenvalue weighted by molar-refractivity contribution is 6.40. The van der Waals surface area contributed by atoms with Crippen LogP contribution in [0.4, 0.5) is 14.5 Å². The van der Waals surface area contributed by atoms with E-state index in [0.717, 1.165) is 6.07 Å². The molecule has 0 aliphatic carbocycles. The van der Waals surface area contributed by atoms with Crippen LogP contribution < -0.4 is 5.73 Å². The Hall–Kier alpha value is -1.13. The van der Waals surface area contributed by atoms with E-state index in [0.29, 0.717) is 10.4 Å². The number of anilines is 1. The molecule has 6 heteroatoms. The number of nitrogen functional groups attached to an aromatic ring is 1. The smallest absolute Gasteiger partial charge is 0.280 e. The van der Waals surface area contributed by atoms with Crippen molar-refractivity contribution in [1.82, 2.24) is 4.98 Å². The van der Waals surface area contributed by atoms with Crippen LogP contribution in [0, 0.1) is 0 Å². The standard InChI is InChI=1S/C10H6Cl2F2N2/c11-4-1-2-5(12)9-8(4)6(15)3-7(16-9)10(13)14/h1-3,10H,(H2,15,16). The first-order chi connectivity index (χ1) is 7.50. The summed E-state index contributed by atoms with van der Waals surface area (Å²) in [5, 5.41) is 0.984. The molecule has 1 heterocycles. The van der Waals surface area contributed by atoms with Gasteiger partial charge in [0, 0.05) is 11.1 Å². The minimum Gasteiger partial charge on any atom is -0.398 e. The van der Waals surface area contributed by atoms with Gasteiger partial charge in [0.2, 0.25) is 0 Å². The molecule has 0 unspecified atom stereocenters. The van der Waals surface area contributed by atoms with Crippen molar-refractivity contribution in [1.29, 1.82) is 0 Å². The normalized spacial score (nSPS) is 11.3. The van der Waals surface area contributed by atoms with E-state index in [-0.39, 0.29) is 16.2 Å². The second-order valence-corrected chi connectivity index (χ2v) is 4.00.